The van der Waals surface area contributed by atoms with Crippen LogP contribution in [0.3, 0.4) is 0 Å². The van der Waals surface area contributed by atoms with Crippen molar-refractivity contribution < 1.29 is 14.3 Å². The summed E-state index contributed by atoms with van der Waals surface area (Å²) >= 11 is 5.97. The second kappa shape index (κ2) is 9.90. The minimum absolute atomic E-state index is 0.0115. The standard InChI is InChI=1S/C26H24ClN3O3/c1-30(2)22(18-6-4-3-5-7-18)16-29-26(32)24-15-20(17-10-12-28-13-11-17)25(33-24)19-8-9-21(27)23(31)14-19/h3-15,22,31H,16H2,1-2H3,(H,29,32). The maximum Gasteiger partial charge on any atom is 0.287 e. The molecule has 0 fully saturated rings. The van der Waals surface area contributed by atoms with E-state index < -0.39 is 0 Å². The molecule has 2 aromatic carbocycles. The molecule has 2 aromatic heterocycles. The van der Waals surface area contributed by atoms with E-state index in [0.717, 1.165) is 16.7 Å². The Morgan fingerprint density at radius 2 is 1.79 bits per heavy atom. The van der Waals surface area contributed by atoms with Crippen molar-refractivity contribution in [2.24, 2.45) is 0 Å². The van der Waals surface area contributed by atoms with Gasteiger partial charge in [0.1, 0.15) is 11.5 Å². The van der Waals surface area contributed by atoms with E-state index in [0.29, 0.717) is 17.9 Å². The van der Waals surface area contributed by atoms with Crippen LogP contribution in [0.25, 0.3) is 22.5 Å². The zero-order valence-electron chi connectivity index (χ0n) is 18.3. The van der Waals surface area contributed by atoms with Gasteiger partial charge in [0, 0.05) is 30.1 Å². The minimum atomic E-state index is -0.322. The molecule has 0 radical (unpaired) electrons. The Bertz CT molecular complexity index is 1240. The topological polar surface area (TPSA) is 78.6 Å². The van der Waals surface area contributed by atoms with Crippen molar-refractivity contribution in [3.8, 4) is 28.2 Å². The van der Waals surface area contributed by atoms with Crippen LogP contribution >= 0.6 is 11.6 Å². The molecule has 6 nitrogen and oxygen atoms in total. The molecular formula is C26H24ClN3O3. The van der Waals surface area contributed by atoms with Crippen LogP contribution in [-0.4, -0.2) is 41.5 Å². The van der Waals surface area contributed by atoms with E-state index in [1.807, 2.05) is 56.6 Å². The van der Waals surface area contributed by atoms with Crippen molar-refractivity contribution in [1.29, 1.82) is 0 Å². The lowest BCUT2D eigenvalue weighted by Gasteiger charge is -2.24. The summed E-state index contributed by atoms with van der Waals surface area (Å²) in [5.74, 6) is 0.258. The Morgan fingerprint density at radius 3 is 2.45 bits per heavy atom. The summed E-state index contributed by atoms with van der Waals surface area (Å²) in [7, 11) is 3.95. The predicted octanol–water partition coefficient (Wildman–Crippen LogP) is 5.40. The van der Waals surface area contributed by atoms with E-state index in [1.54, 1.807) is 30.6 Å². The first-order valence-electron chi connectivity index (χ1n) is 10.5. The lowest BCUT2D eigenvalue weighted by Crippen LogP contribution is -2.34. The van der Waals surface area contributed by atoms with Crippen LogP contribution in [0.2, 0.25) is 5.02 Å². The molecular weight excluding hydrogens is 438 g/mol. The number of pyridine rings is 1. The number of aromatic hydroxyl groups is 1. The van der Waals surface area contributed by atoms with Crippen LogP contribution in [0.1, 0.15) is 22.2 Å². The van der Waals surface area contributed by atoms with Crippen molar-refractivity contribution >= 4 is 17.5 Å². The van der Waals surface area contributed by atoms with Crippen LogP contribution in [0, 0.1) is 0 Å². The van der Waals surface area contributed by atoms with Gasteiger partial charge >= 0.3 is 0 Å². The maximum absolute atomic E-state index is 13.0. The summed E-state index contributed by atoms with van der Waals surface area (Å²) in [5.41, 5.74) is 3.28. The van der Waals surface area contributed by atoms with Crippen LogP contribution in [0.4, 0.5) is 0 Å². The molecule has 1 amide bonds. The van der Waals surface area contributed by atoms with Crippen molar-refractivity contribution in [3.05, 3.63) is 95.5 Å². The number of likely N-dealkylation sites (N-methyl/N-ethyl adjacent to an activating group) is 1. The molecule has 2 N–H and O–H groups in total. The Balaban J connectivity index is 1.64. The average Bonchev–Trinajstić information content (AvgIpc) is 3.28. The third-order valence-corrected chi connectivity index (χ3v) is 5.74. The molecule has 0 spiro atoms. The number of carbonyl (C=O) groups is 1. The Kier molecular flexibility index (Phi) is 6.77. The van der Waals surface area contributed by atoms with Crippen molar-refractivity contribution in [2.45, 2.75) is 6.04 Å². The first kappa shape index (κ1) is 22.6. The fourth-order valence-corrected chi connectivity index (χ4v) is 3.78. The van der Waals surface area contributed by atoms with Gasteiger partial charge in [-0.15, -0.1) is 0 Å². The van der Waals surface area contributed by atoms with Gasteiger partial charge in [-0.2, -0.15) is 0 Å². The molecule has 1 atom stereocenters. The monoisotopic (exact) mass is 461 g/mol. The lowest BCUT2D eigenvalue weighted by molar-refractivity contribution is 0.0915. The number of phenols is 1. The first-order chi connectivity index (χ1) is 15.9. The van der Waals surface area contributed by atoms with E-state index >= 15 is 0 Å². The Labute approximate surface area is 197 Å². The summed E-state index contributed by atoms with van der Waals surface area (Å²) in [6.45, 7) is 0.415. The second-order valence-electron chi connectivity index (χ2n) is 7.86. The fraction of sp³-hybridized carbons (Fsp3) is 0.154. The number of benzene rings is 2. The number of carbonyl (C=O) groups excluding carboxylic acids is 1. The highest BCUT2D eigenvalue weighted by atomic mass is 35.5. The van der Waals surface area contributed by atoms with Gasteiger partial charge in [-0.1, -0.05) is 41.9 Å². The predicted molar refractivity (Wildman–Crippen MR) is 129 cm³/mol. The zero-order valence-corrected chi connectivity index (χ0v) is 19.1. The quantitative estimate of drug-likeness (QED) is 0.385. The van der Waals surface area contributed by atoms with Gasteiger partial charge in [-0.05, 0) is 61.6 Å². The summed E-state index contributed by atoms with van der Waals surface area (Å²) in [6.07, 6.45) is 3.35. The lowest BCUT2D eigenvalue weighted by atomic mass is 10.0. The van der Waals surface area contributed by atoms with Crippen LogP contribution in [0.15, 0.2) is 83.5 Å². The number of rotatable bonds is 7. The number of halogens is 1. The molecule has 0 bridgehead atoms. The van der Waals surface area contributed by atoms with Gasteiger partial charge in [0.05, 0.1) is 11.1 Å². The van der Waals surface area contributed by atoms with Crippen molar-refractivity contribution in [3.63, 3.8) is 0 Å². The second-order valence-corrected chi connectivity index (χ2v) is 8.26. The zero-order chi connectivity index (χ0) is 23.4. The molecule has 168 valence electrons. The molecule has 0 aliphatic rings. The van der Waals surface area contributed by atoms with Gasteiger partial charge in [-0.25, -0.2) is 0 Å². The maximum atomic E-state index is 13.0. The van der Waals surface area contributed by atoms with Crippen molar-refractivity contribution in [2.75, 3.05) is 20.6 Å². The summed E-state index contributed by atoms with van der Waals surface area (Å²) in [4.78, 5) is 19.2. The highest BCUT2D eigenvalue weighted by Gasteiger charge is 2.22. The summed E-state index contributed by atoms with van der Waals surface area (Å²) < 4.78 is 6.01. The Morgan fingerprint density at radius 1 is 1.06 bits per heavy atom. The Hall–Kier alpha value is -3.61. The molecule has 4 aromatic rings. The molecule has 0 aliphatic heterocycles. The van der Waals surface area contributed by atoms with E-state index in [-0.39, 0.29) is 28.5 Å². The smallest absolute Gasteiger partial charge is 0.287 e. The normalized spacial score (nSPS) is 12.0. The van der Waals surface area contributed by atoms with Gasteiger partial charge in [0.15, 0.2) is 5.76 Å². The van der Waals surface area contributed by atoms with Crippen LogP contribution < -0.4 is 5.32 Å². The highest BCUT2D eigenvalue weighted by molar-refractivity contribution is 6.32. The first-order valence-corrected chi connectivity index (χ1v) is 10.8. The summed E-state index contributed by atoms with van der Waals surface area (Å²) in [6, 6.07) is 20.2. The molecule has 1 unspecified atom stereocenters. The number of phenolic OH excluding ortho intramolecular Hbond substituents is 1. The molecule has 4 rings (SSSR count). The third kappa shape index (κ3) is 5.08. The summed E-state index contributed by atoms with van der Waals surface area (Å²) in [5, 5.41) is 13.3. The third-order valence-electron chi connectivity index (χ3n) is 5.42. The molecule has 7 heteroatoms. The largest absolute Gasteiger partial charge is 0.506 e. The molecule has 33 heavy (non-hydrogen) atoms. The van der Waals surface area contributed by atoms with Gasteiger partial charge in [0.25, 0.3) is 5.91 Å². The van der Waals surface area contributed by atoms with E-state index in [1.165, 1.54) is 6.07 Å². The molecule has 0 saturated heterocycles. The minimum Gasteiger partial charge on any atom is -0.506 e. The number of nitrogens with one attached hydrogen (secondary N) is 1. The number of hydrogen-bond donors (Lipinski definition) is 2. The van der Waals surface area contributed by atoms with E-state index in [4.69, 9.17) is 16.0 Å². The van der Waals surface area contributed by atoms with Gasteiger partial charge in [0.2, 0.25) is 0 Å². The number of hydrogen-bond acceptors (Lipinski definition) is 5. The van der Waals surface area contributed by atoms with Gasteiger partial charge < -0.3 is 19.7 Å². The van der Waals surface area contributed by atoms with Crippen LogP contribution in [-0.2, 0) is 0 Å². The number of furan rings is 1. The number of nitrogens with zero attached hydrogens (tertiary/aromatic N) is 2. The van der Waals surface area contributed by atoms with Crippen LogP contribution in [0.5, 0.6) is 5.75 Å². The van der Waals surface area contributed by atoms with E-state index in [9.17, 15) is 9.90 Å². The average molecular weight is 462 g/mol. The molecule has 0 saturated carbocycles. The number of aromatic nitrogens is 1. The molecule has 2 heterocycles. The molecule has 0 aliphatic carbocycles. The SMILES string of the molecule is CN(C)C(CNC(=O)c1cc(-c2ccncc2)c(-c2ccc(Cl)c(O)c2)o1)c1ccccc1. The number of amides is 1. The van der Waals surface area contributed by atoms with Crippen molar-refractivity contribution in [1.82, 2.24) is 15.2 Å². The fourth-order valence-electron chi connectivity index (χ4n) is 3.67. The highest BCUT2D eigenvalue weighted by Crippen LogP contribution is 2.38. The van der Waals surface area contributed by atoms with E-state index in [2.05, 4.69) is 15.2 Å². The van der Waals surface area contributed by atoms with Gasteiger partial charge in [-0.3, -0.25) is 9.78 Å².